The van der Waals surface area contributed by atoms with E-state index in [1.54, 1.807) is 0 Å². The largest absolute Gasteiger partial charge is 0.377 e. The second kappa shape index (κ2) is 10.5. The van der Waals surface area contributed by atoms with Gasteiger partial charge in [-0.2, -0.15) is 0 Å². The molecule has 0 aromatic heterocycles. The number of hydrogen-bond donors (Lipinski definition) is 1. The van der Waals surface area contributed by atoms with Crippen LogP contribution in [0.5, 0.6) is 0 Å². The molecule has 0 bridgehead atoms. The fraction of sp³-hybridized carbons (Fsp3) is 0.571. The minimum atomic E-state index is 0.268. The van der Waals surface area contributed by atoms with Crippen molar-refractivity contribution in [2.24, 2.45) is 0 Å². The van der Waals surface area contributed by atoms with Gasteiger partial charge in [0.15, 0.2) is 0 Å². The number of piperazine rings is 1. The molecule has 142 valence electrons. The standard InChI is InChI=1S/C21H31N3O2/c25-21(10-11-22-18-20-9-5-17-26-20)24-15-13-23(14-16-24)12-4-8-19-6-2-1-3-7-19/h1-4,6-8,20,22H,5,9-18H2/b8-4+. The molecule has 0 aliphatic carbocycles. The molecule has 2 aliphatic heterocycles. The molecule has 2 aliphatic rings. The molecule has 5 heteroatoms. The molecule has 3 rings (SSSR count). The quantitative estimate of drug-likeness (QED) is 0.723. The van der Waals surface area contributed by atoms with Crippen molar-refractivity contribution < 1.29 is 9.53 Å². The summed E-state index contributed by atoms with van der Waals surface area (Å²) in [5.41, 5.74) is 1.23. The van der Waals surface area contributed by atoms with Crippen molar-refractivity contribution >= 4 is 12.0 Å². The summed E-state index contributed by atoms with van der Waals surface area (Å²) in [5, 5.41) is 3.36. The van der Waals surface area contributed by atoms with Gasteiger partial charge in [-0.3, -0.25) is 9.69 Å². The molecule has 1 N–H and O–H groups in total. The Morgan fingerprint density at radius 3 is 2.73 bits per heavy atom. The summed E-state index contributed by atoms with van der Waals surface area (Å²) < 4.78 is 5.58. The van der Waals surface area contributed by atoms with E-state index in [0.29, 0.717) is 12.5 Å². The summed E-state index contributed by atoms with van der Waals surface area (Å²) in [6, 6.07) is 10.4. The maximum atomic E-state index is 12.3. The zero-order valence-electron chi connectivity index (χ0n) is 15.6. The molecular formula is C21H31N3O2. The van der Waals surface area contributed by atoms with Gasteiger partial charge in [0, 0.05) is 58.8 Å². The molecule has 26 heavy (non-hydrogen) atoms. The summed E-state index contributed by atoms with van der Waals surface area (Å²) >= 11 is 0. The minimum Gasteiger partial charge on any atom is -0.377 e. The van der Waals surface area contributed by atoms with Gasteiger partial charge >= 0.3 is 0 Å². The Morgan fingerprint density at radius 1 is 1.19 bits per heavy atom. The third-order valence-corrected chi connectivity index (χ3v) is 5.11. The van der Waals surface area contributed by atoms with E-state index in [2.05, 4.69) is 46.6 Å². The van der Waals surface area contributed by atoms with E-state index in [9.17, 15) is 4.79 Å². The van der Waals surface area contributed by atoms with E-state index >= 15 is 0 Å². The highest BCUT2D eigenvalue weighted by Gasteiger charge is 2.20. The van der Waals surface area contributed by atoms with Gasteiger partial charge in [0.2, 0.25) is 5.91 Å². The van der Waals surface area contributed by atoms with Gasteiger partial charge < -0.3 is 15.0 Å². The second-order valence-electron chi connectivity index (χ2n) is 7.08. The van der Waals surface area contributed by atoms with Gasteiger partial charge in [0.05, 0.1) is 6.10 Å². The van der Waals surface area contributed by atoms with Crippen molar-refractivity contribution in [1.82, 2.24) is 15.1 Å². The van der Waals surface area contributed by atoms with Gasteiger partial charge in [0.25, 0.3) is 0 Å². The molecule has 2 heterocycles. The molecule has 0 radical (unpaired) electrons. The van der Waals surface area contributed by atoms with Gasteiger partial charge in [-0.1, -0.05) is 42.5 Å². The lowest BCUT2D eigenvalue weighted by Gasteiger charge is -2.34. The van der Waals surface area contributed by atoms with Gasteiger partial charge in [-0.25, -0.2) is 0 Å². The van der Waals surface area contributed by atoms with Crippen LogP contribution in [-0.4, -0.2) is 74.2 Å². The number of nitrogens with zero attached hydrogens (tertiary/aromatic N) is 2. The fourth-order valence-corrected chi connectivity index (χ4v) is 3.50. The zero-order valence-corrected chi connectivity index (χ0v) is 15.6. The van der Waals surface area contributed by atoms with Crippen LogP contribution in [0.4, 0.5) is 0 Å². The predicted octanol–water partition coefficient (Wildman–Crippen LogP) is 2.00. The Morgan fingerprint density at radius 2 is 2.00 bits per heavy atom. The zero-order chi connectivity index (χ0) is 18.0. The number of rotatable bonds is 8. The number of amides is 1. The SMILES string of the molecule is O=C(CCNCC1CCCO1)N1CCN(C/C=C/c2ccccc2)CC1. The van der Waals surface area contributed by atoms with Crippen molar-refractivity contribution in [1.29, 1.82) is 0 Å². The number of ether oxygens (including phenoxy) is 1. The summed E-state index contributed by atoms with van der Waals surface area (Å²) in [5.74, 6) is 0.268. The first-order chi connectivity index (χ1) is 12.8. The van der Waals surface area contributed by atoms with Crippen LogP contribution < -0.4 is 5.32 Å². The van der Waals surface area contributed by atoms with Crippen LogP contribution in [0, 0.1) is 0 Å². The van der Waals surface area contributed by atoms with Crippen LogP contribution >= 0.6 is 0 Å². The number of nitrogens with one attached hydrogen (secondary N) is 1. The van der Waals surface area contributed by atoms with Crippen molar-refractivity contribution in [3.05, 3.63) is 42.0 Å². The van der Waals surface area contributed by atoms with Crippen molar-refractivity contribution in [3.63, 3.8) is 0 Å². The van der Waals surface area contributed by atoms with Crippen LogP contribution in [0.1, 0.15) is 24.8 Å². The van der Waals surface area contributed by atoms with Gasteiger partial charge in [-0.05, 0) is 18.4 Å². The third-order valence-electron chi connectivity index (χ3n) is 5.11. The third kappa shape index (κ3) is 6.24. The fourth-order valence-electron chi connectivity index (χ4n) is 3.50. The summed E-state index contributed by atoms with van der Waals surface area (Å²) in [6.07, 6.45) is 7.61. The first kappa shape index (κ1) is 19.1. The molecule has 0 saturated carbocycles. The maximum absolute atomic E-state index is 12.3. The second-order valence-corrected chi connectivity index (χ2v) is 7.08. The summed E-state index contributed by atoms with van der Waals surface area (Å²) in [4.78, 5) is 16.7. The number of carbonyl (C=O) groups excluding carboxylic acids is 1. The molecule has 1 aromatic rings. The summed E-state index contributed by atoms with van der Waals surface area (Å²) in [7, 11) is 0. The first-order valence-corrected chi connectivity index (χ1v) is 9.85. The van der Waals surface area contributed by atoms with Crippen LogP contribution in [0.25, 0.3) is 6.08 Å². The maximum Gasteiger partial charge on any atom is 0.223 e. The van der Waals surface area contributed by atoms with E-state index in [0.717, 1.165) is 65.3 Å². The Kier molecular flexibility index (Phi) is 7.67. The van der Waals surface area contributed by atoms with E-state index in [4.69, 9.17) is 4.74 Å². The lowest BCUT2D eigenvalue weighted by atomic mass is 10.2. The molecule has 1 unspecified atom stereocenters. The van der Waals surface area contributed by atoms with Gasteiger partial charge in [0.1, 0.15) is 0 Å². The first-order valence-electron chi connectivity index (χ1n) is 9.85. The Labute approximate surface area is 157 Å². The Balaban J connectivity index is 1.27. The molecular weight excluding hydrogens is 326 g/mol. The molecule has 5 nitrogen and oxygen atoms in total. The smallest absolute Gasteiger partial charge is 0.223 e. The number of benzene rings is 1. The predicted molar refractivity (Wildman–Crippen MR) is 105 cm³/mol. The van der Waals surface area contributed by atoms with Crippen molar-refractivity contribution in [3.8, 4) is 0 Å². The average molecular weight is 357 g/mol. The van der Waals surface area contributed by atoms with E-state index < -0.39 is 0 Å². The van der Waals surface area contributed by atoms with Crippen molar-refractivity contribution in [2.45, 2.75) is 25.4 Å². The average Bonchev–Trinajstić information content (AvgIpc) is 3.20. The van der Waals surface area contributed by atoms with Crippen LogP contribution in [0.15, 0.2) is 36.4 Å². The van der Waals surface area contributed by atoms with Crippen LogP contribution in [0.2, 0.25) is 0 Å². The number of carbonyl (C=O) groups is 1. The number of hydrogen-bond acceptors (Lipinski definition) is 4. The molecule has 1 aromatic carbocycles. The highest BCUT2D eigenvalue weighted by Crippen LogP contribution is 2.10. The Hall–Kier alpha value is -1.69. The molecule has 2 saturated heterocycles. The van der Waals surface area contributed by atoms with E-state index in [-0.39, 0.29) is 5.91 Å². The highest BCUT2D eigenvalue weighted by atomic mass is 16.5. The lowest BCUT2D eigenvalue weighted by Crippen LogP contribution is -2.49. The molecule has 2 fully saturated rings. The Bertz CT molecular complexity index is 562. The topological polar surface area (TPSA) is 44.8 Å². The van der Waals surface area contributed by atoms with Crippen LogP contribution in [-0.2, 0) is 9.53 Å². The van der Waals surface area contributed by atoms with E-state index in [1.807, 2.05) is 11.0 Å². The van der Waals surface area contributed by atoms with Gasteiger partial charge in [-0.15, -0.1) is 0 Å². The summed E-state index contributed by atoms with van der Waals surface area (Å²) in [6.45, 7) is 7.03. The molecule has 1 amide bonds. The monoisotopic (exact) mass is 357 g/mol. The lowest BCUT2D eigenvalue weighted by molar-refractivity contribution is -0.132. The van der Waals surface area contributed by atoms with Crippen molar-refractivity contribution in [2.75, 3.05) is 52.4 Å². The highest BCUT2D eigenvalue weighted by molar-refractivity contribution is 5.76. The molecule has 1 atom stereocenters. The minimum absolute atomic E-state index is 0.268. The molecule has 0 spiro atoms. The van der Waals surface area contributed by atoms with Crippen LogP contribution in [0.3, 0.4) is 0 Å². The normalized spacial score (nSPS) is 21.5. The van der Waals surface area contributed by atoms with E-state index in [1.165, 1.54) is 5.56 Å².